The van der Waals surface area contributed by atoms with E-state index in [2.05, 4.69) is 48.1 Å². The average Bonchev–Trinajstić information content (AvgIpc) is 3.58. The molecule has 11 nitrogen and oxygen atoms in total. The lowest BCUT2D eigenvalue weighted by atomic mass is 9.53. The second-order valence-electron chi connectivity index (χ2n) is 10.8. The topological polar surface area (TPSA) is 126 Å². The Kier molecular flexibility index (Phi) is 6.47. The third-order valence-electron chi connectivity index (χ3n) is 7.80. The first-order valence-electron chi connectivity index (χ1n) is 13.4. The van der Waals surface area contributed by atoms with Crippen molar-refractivity contribution in [2.75, 3.05) is 36.9 Å². The number of thiazole rings is 1. The second kappa shape index (κ2) is 10.3. The fourth-order valence-corrected chi connectivity index (χ4v) is 6.68. The normalized spacial score (nSPS) is 24.7. The van der Waals surface area contributed by atoms with Crippen LogP contribution in [0.3, 0.4) is 0 Å². The molecule has 0 bridgehead atoms. The molecule has 3 N–H and O–H groups in total. The molecule has 0 radical (unpaired) electrons. The molecule has 3 aromatic heterocycles. The van der Waals surface area contributed by atoms with Crippen molar-refractivity contribution in [2.45, 2.75) is 44.4 Å². The molecule has 39 heavy (non-hydrogen) atoms. The Bertz CT molecular complexity index is 1420. The number of benzene rings is 1. The molecule has 1 aliphatic heterocycles. The zero-order valence-corrected chi connectivity index (χ0v) is 22.3. The number of hydrogen-bond donors (Lipinski definition) is 3. The van der Waals surface area contributed by atoms with Crippen LogP contribution in [0.2, 0.25) is 0 Å². The molecule has 0 unspecified atom stereocenters. The van der Waals surface area contributed by atoms with Crippen LogP contribution in [0.1, 0.15) is 31.2 Å². The summed E-state index contributed by atoms with van der Waals surface area (Å²) in [7, 11) is 0. The molecule has 4 heterocycles. The molecule has 12 heteroatoms. The number of anilines is 3. The van der Waals surface area contributed by atoms with Crippen LogP contribution < -0.4 is 10.6 Å². The van der Waals surface area contributed by atoms with Gasteiger partial charge in [0, 0.05) is 25.7 Å². The highest BCUT2D eigenvalue weighted by Gasteiger charge is 2.52. The zero-order valence-electron chi connectivity index (χ0n) is 21.5. The van der Waals surface area contributed by atoms with Gasteiger partial charge >= 0.3 is 0 Å². The van der Waals surface area contributed by atoms with E-state index in [1.165, 1.54) is 21.7 Å². The molecular formula is C27H31N9O2S. The van der Waals surface area contributed by atoms with Gasteiger partial charge in [0.2, 0.25) is 5.82 Å². The van der Waals surface area contributed by atoms with E-state index in [-0.39, 0.29) is 6.10 Å². The molecule has 2 aliphatic carbocycles. The first-order chi connectivity index (χ1) is 19.1. The smallest absolute Gasteiger partial charge is 0.216 e. The zero-order chi connectivity index (χ0) is 26.2. The van der Waals surface area contributed by atoms with Crippen molar-refractivity contribution in [3.63, 3.8) is 0 Å². The molecule has 1 saturated heterocycles. The average molecular weight is 546 g/mol. The van der Waals surface area contributed by atoms with Crippen LogP contribution >= 0.6 is 11.3 Å². The minimum Gasteiger partial charge on any atom is -0.393 e. The Morgan fingerprint density at radius 2 is 1.85 bits per heavy atom. The number of pyridine rings is 1. The van der Waals surface area contributed by atoms with Gasteiger partial charge in [0.25, 0.3) is 0 Å². The Morgan fingerprint density at radius 1 is 1.05 bits per heavy atom. The number of tetrazole rings is 1. The summed E-state index contributed by atoms with van der Waals surface area (Å²) in [6.45, 7) is 4.22. The summed E-state index contributed by atoms with van der Waals surface area (Å²) in [5.74, 6) is 2.14. The number of nitrogens with one attached hydrogen (secondary N) is 2. The maximum absolute atomic E-state index is 9.75. The summed E-state index contributed by atoms with van der Waals surface area (Å²) in [5, 5.41) is 30.4. The fourth-order valence-electron chi connectivity index (χ4n) is 5.93. The van der Waals surface area contributed by atoms with Crippen molar-refractivity contribution in [1.82, 2.24) is 35.1 Å². The number of aromatic nitrogens is 6. The van der Waals surface area contributed by atoms with Gasteiger partial charge < -0.3 is 20.5 Å². The van der Waals surface area contributed by atoms with Crippen LogP contribution in [0.4, 0.5) is 16.8 Å². The number of ether oxygens (including phenoxy) is 1. The standard InChI is InChI=1S/C27H31N9O2S/c37-21-14-27(15-21)12-19(13-27)29-23-10-18(17-35-6-8-38-9-7-35)11-24(30-23)31-26-28-16-22(39-26)25-32-34-36(33-25)20-4-2-1-3-5-20/h1-5,10-11,16,19,21,37H,6-9,12-15,17H2,(H2,28,29,30,31). The van der Waals surface area contributed by atoms with E-state index in [1.54, 1.807) is 6.20 Å². The Balaban J connectivity index is 1.07. The first-order valence-corrected chi connectivity index (χ1v) is 14.3. The van der Waals surface area contributed by atoms with Gasteiger partial charge in [-0.05, 0) is 66.1 Å². The van der Waals surface area contributed by atoms with Crippen LogP contribution in [-0.2, 0) is 11.3 Å². The highest BCUT2D eigenvalue weighted by atomic mass is 32.1. The van der Waals surface area contributed by atoms with Gasteiger partial charge in [0.15, 0.2) is 5.13 Å². The van der Waals surface area contributed by atoms with Crippen LogP contribution in [-0.4, -0.2) is 78.6 Å². The molecular weight excluding hydrogens is 514 g/mol. The fraction of sp³-hybridized carbons (Fsp3) is 0.444. The summed E-state index contributed by atoms with van der Waals surface area (Å²) in [6, 6.07) is 14.3. The SMILES string of the molecule is OC1CC2(C1)CC(Nc1cc(CN3CCOCC3)cc(Nc3ncc(-c4nnn(-c5ccccc5)n4)s3)n1)C2. The summed E-state index contributed by atoms with van der Waals surface area (Å²) >= 11 is 1.47. The lowest BCUT2D eigenvalue weighted by Gasteiger charge is -2.56. The molecule has 4 aromatic rings. The van der Waals surface area contributed by atoms with Gasteiger partial charge in [-0.2, -0.15) is 0 Å². The Labute approximate surface area is 230 Å². The maximum Gasteiger partial charge on any atom is 0.216 e. The number of morpholine rings is 1. The number of para-hydroxylation sites is 1. The van der Waals surface area contributed by atoms with Crippen LogP contribution in [0.5, 0.6) is 0 Å². The van der Waals surface area contributed by atoms with Crippen LogP contribution in [0.25, 0.3) is 16.4 Å². The minimum atomic E-state index is -0.113. The quantitative estimate of drug-likeness (QED) is 0.303. The van der Waals surface area contributed by atoms with Gasteiger partial charge in [0.1, 0.15) is 11.6 Å². The van der Waals surface area contributed by atoms with Crippen molar-refractivity contribution >= 4 is 28.1 Å². The van der Waals surface area contributed by atoms with Crippen molar-refractivity contribution in [2.24, 2.45) is 5.41 Å². The van der Waals surface area contributed by atoms with Gasteiger partial charge in [-0.1, -0.05) is 29.5 Å². The van der Waals surface area contributed by atoms with Gasteiger partial charge in [-0.25, -0.2) is 9.97 Å². The highest BCUT2D eigenvalue weighted by Crippen LogP contribution is 2.56. The van der Waals surface area contributed by atoms with Crippen molar-refractivity contribution in [1.29, 1.82) is 0 Å². The van der Waals surface area contributed by atoms with Crippen molar-refractivity contribution < 1.29 is 9.84 Å². The van der Waals surface area contributed by atoms with E-state index in [0.29, 0.717) is 22.4 Å². The summed E-state index contributed by atoms with van der Waals surface area (Å²) in [4.78, 5) is 14.2. The minimum absolute atomic E-state index is 0.113. The summed E-state index contributed by atoms with van der Waals surface area (Å²) in [5.41, 5.74) is 2.39. The molecule has 202 valence electrons. The molecule has 2 saturated carbocycles. The predicted octanol–water partition coefficient (Wildman–Crippen LogP) is 3.47. The Morgan fingerprint density at radius 3 is 2.64 bits per heavy atom. The second-order valence-corrected chi connectivity index (χ2v) is 11.9. The van der Waals surface area contributed by atoms with Crippen molar-refractivity contribution in [3.8, 4) is 16.4 Å². The molecule has 3 aliphatic rings. The number of nitrogens with zero attached hydrogens (tertiary/aromatic N) is 7. The molecule has 1 spiro atoms. The number of aliphatic hydroxyl groups excluding tert-OH is 1. The lowest BCUT2D eigenvalue weighted by Crippen LogP contribution is -2.54. The first kappa shape index (κ1) is 24.6. The molecule has 1 aromatic carbocycles. The van der Waals surface area contributed by atoms with E-state index in [0.717, 1.165) is 80.7 Å². The third-order valence-corrected chi connectivity index (χ3v) is 8.71. The van der Waals surface area contributed by atoms with E-state index in [9.17, 15) is 5.11 Å². The number of hydrogen-bond acceptors (Lipinski definition) is 11. The number of rotatable bonds is 8. The predicted molar refractivity (Wildman–Crippen MR) is 148 cm³/mol. The van der Waals surface area contributed by atoms with E-state index in [4.69, 9.17) is 9.72 Å². The highest BCUT2D eigenvalue weighted by molar-refractivity contribution is 7.18. The van der Waals surface area contributed by atoms with E-state index < -0.39 is 0 Å². The lowest BCUT2D eigenvalue weighted by molar-refractivity contribution is -0.0868. The Hall–Kier alpha value is -3.45. The van der Waals surface area contributed by atoms with E-state index in [1.807, 2.05) is 30.3 Å². The summed E-state index contributed by atoms with van der Waals surface area (Å²) < 4.78 is 5.53. The summed E-state index contributed by atoms with van der Waals surface area (Å²) in [6.07, 6.45) is 5.70. The molecule has 3 fully saturated rings. The molecule has 0 amide bonds. The molecule has 7 rings (SSSR count). The van der Waals surface area contributed by atoms with E-state index >= 15 is 0 Å². The van der Waals surface area contributed by atoms with Crippen LogP contribution in [0, 0.1) is 5.41 Å². The van der Waals surface area contributed by atoms with Gasteiger partial charge in [-0.3, -0.25) is 4.90 Å². The van der Waals surface area contributed by atoms with Crippen molar-refractivity contribution in [3.05, 3.63) is 54.2 Å². The maximum atomic E-state index is 9.75. The molecule has 0 atom stereocenters. The van der Waals surface area contributed by atoms with Gasteiger partial charge in [0.05, 0.1) is 36.1 Å². The third kappa shape index (κ3) is 5.37. The number of aliphatic hydroxyl groups is 1. The monoisotopic (exact) mass is 545 g/mol. The van der Waals surface area contributed by atoms with Crippen LogP contribution in [0.15, 0.2) is 48.7 Å². The largest absolute Gasteiger partial charge is 0.393 e. The van der Waals surface area contributed by atoms with Gasteiger partial charge in [-0.15, -0.1) is 15.0 Å².